The van der Waals surface area contributed by atoms with Gasteiger partial charge >= 0.3 is 5.97 Å². The molecule has 0 saturated carbocycles. The molecule has 0 aliphatic carbocycles. The first-order chi connectivity index (χ1) is 16.8. The Labute approximate surface area is 215 Å². The average molecular weight is 529 g/mol. The molecular weight excluding hydrogens is 511 g/mol. The van der Waals surface area contributed by atoms with Crippen LogP contribution in [0.2, 0.25) is 10.0 Å². The summed E-state index contributed by atoms with van der Waals surface area (Å²) in [6, 6.07) is 16.8. The summed E-state index contributed by atoms with van der Waals surface area (Å²) in [5.41, 5.74) is 2.21. The Balaban J connectivity index is 1.48. The predicted octanol–water partition coefficient (Wildman–Crippen LogP) is 6.17. The van der Waals surface area contributed by atoms with E-state index in [1.54, 1.807) is 60.7 Å². The van der Waals surface area contributed by atoms with E-state index in [1.807, 2.05) is 0 Å². The molecule has 3 aromatic rings. The molecule has 2 N–H and O–H groups in total. The van der Waals surface area contributed by atoms with Gasteiger partial charge in [0.05, 0.1) is 33.3 Å². The average Bonchev–Trinajstić information content (AvgIpc) is 3.18. The van der Waals surface area contributed by atoms with Crippen LogP contribution in [0.5, 0.6) is 11.5 Å². The van der Waals surface area contributed by atoms with Crippen LogP contribution in [0.15, 0.2) is 70.6 Å². The fourth-order valence-corrected chi connectivity index (χ4v) is 4.29. The number of carbonyl (C=O) groups is 2. The largest absolute Gasteiger partial charge is 0.493 e. The lowest BCUT2D eigenvalue weighted by molar-refractivity contribution is -0.115. The molecule has 10 heteroatoms. The number of carboxylic acids is 1. The van der Waals surface area contributed by atoms with Gasteiger partial charge in [0.25, 0.3) is 5.91 Å². The van der Waals surface area contributed by atoms with Crippen LogP contribution in [0.3, 0.4) is 0 Å². The highest BCUT2D eigenvalue weighted by Crippen LogP contribution is 2.33. The predicted molar refractivity (Wildman–Crippen MR) is 138 cm³/mol. The molecule has 1 saturated heterocycles. The number of nitrogens with zero attached hydrogens (tertiary/aromatic N) is 1. The van der Waals surface area contributed by atoms with Gasteiger partial charge in [-0.05, 0) is 71.4 Å². The fraction of sp³-hybridized carbons (Fsp3) is 0.0800. The molecule has 0 radical (unpaired) electrons. The second kappa shape index (κ2) is 10.9. The number of aliphatic imine (C=N–C) groups is 1. The van der Waals surface area contributed by atoms with Gasteiger partial charge in [-0.15, -0.1) is 0 Å². The third-order valence-electron chi connectivity index (χ3n) is 4.84. The summed E-state index contributed by atoms with van der Waals surface area (Å²) in [5.74, 6) is -0.310. The van der Waals surface area contributed by atoms with Crippen molar-refractivity contribution in [2.45, 2.75) is 6.61 Å². The number of hydrogen-bond donors (Lipinski definition) is 2. The molecule has 1 fully saturated rings. The number of methoxy groups -OCH3 is 1. The normalized spacial score (nSPS) is 15.3. The smallest absolute Gasteiger partial charge is 0.335 e. The molecule has 0 unspecified atom stereocenters. The molecular formula is C25H18Cl2N2O5S. The minimum atomic E-state index is -0.999. The maximum Gasteiger partial charge on any atom is 0.335 e. The molecule has 7 nitrogen and oxygen atoms in total. The minimum absolute atomic E-state index is 0.171. The van der Waals surface area contributed by atoms with Gasteiger partial charge in [-0.3, -0.25) is 4.79 Å². The molecule has 1 aliphatic rings. The first-order valence-electron chi connectivity index (χ1n) is 10.2. The Morgan fingerprint density at radius 2 is 1.91 bits per heavy atom. The number of halogens is 2. The second-order valence-electron chi connectivity index (χ2n) is 7.28. The zero-order chi connectivity index (χ0) is 24.9. The topological polar surface area (TPSA) is 97.2 Å². The second-order valence-corrected chi connectivity index (χ2v) is 9.13. The number of benzene rings is 3. The third kappa shape index (κ3) is 6.16. The summed E-state index contributed by atoms with van der Waals surface area (Å²) in [6.45, 7) is 0.171. The van der Waals surface area contributed by atoms with E-state index in [2.05, 4.69) is 10.3 Å². The minimum Gasteiger partial charge on any atom is -0.493 e. The first kappa shape index (κ1) is 24.7. The molecule has 0 atom stereocenters. The molecule has 35 heavy (non-hydrogen) atoms. The Morgan fingerprint density at radius 3 is 2.66 bits per heavy atom. The van der Waals surface area contributed by atoms with Crippen molar-refractivity contribution in [1.82, 2.24) is 5.32 Å². The number of nitrogens with one attached hydrogen (secondary N) is 1. The van der Waals surface area contributed by atoms with Gasteiger partial charge in [0, 0.05) is 0 Å². The summed E-state index contributed by atoms with van der Waals surface area (Å²) in [6.07, 6.45) is 1.72. The monoisotopic (exact) mass is 528 g/mol. The number of carbonyl (C=O) groups excluding carboxylic acids is 1. The number of hydrogen-bond acceptors (Lipinski definition) is 6. The van der Waals surface area contributed by atoms with Crippen molar-refractivity contribution in [1.29, 1.82) is 0 Å². The summed E-state index contributed by atoms with van der Waals surface area (Å²) in [7, 11) is 1.52. The van der Waals surface area contributed by atoms with Crippen LogP contribution in [0.4, 0.5) is 5.69 Å². The molecule has 1 heterocycles. The number of carboxylic acid groups (broad SMARTS) is 1. The van der Waals surface area contributed by atoms with Crippen molar-refractivity contribution in [3.05, 3.63) is 92.3 Å². The number of amidine groups is 1. The van der Waals surface area contributed by atoms with E-state index >= 15 is 0 Å². The van der Waals surface area contributed by atoms with Crippen LogP contribution in [0.1, 0.15) is 21.5 Å². The van der Waals surface area contributed by atoms with E-state index in [4.69, 9.17) is 37.8 Å². The Hall–Kier alpha value is -3.46. The van der Waals surface area contributed by atoms with Crippen molar-refractivity contribution in [2.75, 3.05) is 7.11 Å². The zero-order valence-electron chi connectivity index (χ0n) is 18.2. The lowest BCUT2D eigenvalue weighted by atomic mass is 10.1. The van der Waals surface area contributed by atoms with Gasteiger partial charge in [-0.25, -0.2) is 9.79 Å². The van der Waals surface area contributed by atoms with E-state index in [0.29, 0.717) is 42.9 Å². The molecule has 0 spiro atoms. The zero-order valence-corrected chi connectivity index (χ0v) is 20.6. The van der Waals surface area contributed by atoms with Crippen LogP contribution < -0.4 is 14.8 Å². The molecule has 1 amide bonds. The van der Waals surface area contributed by atoms with E-state index in [9.17, 15) is 9.59 Å². The van der Waals surface area contributed by atoms with E-state index < -0.39 is 5.97 Å². The first-order valence-corrected chi connectivity index (χ1v) is 11.8. The molecule has 4 rings (SSSR count). The van der Waals surface area contributed by atoms with Gasteiger partial charge in [-0.2, -0.15) is 0 Å². The summed E-state index contributed by atoms with van der Waals surface area (Å²) in [5, 5.41) is 13.1. The molecule has 0 bridgehead atoms. The van der Waals surface area contributed by atoms with E-state index in [0.717, 1.165) is 5.56 Å². The maximum atomic E-state index is 12.4. The number of ether oxygens (including phenoxy) is 2. The summed E-state index contributed by atoms with van der Waals surface area (Å²) >= 11 is 13.2. The van der Waals surface area contributed by atoms with Crippen molar-refractivity contribution < 1.29 is 24.2 Å². The highest BCUT2D eigenvalue weighted by Gasteiger charge is 2.24. The third-order valence-corrected chi connectivity index (χ3v) is 6.49. The van der Waals surface area contributed by atoms with Crippen LogP contribution in [0.25, 0.3) is 6.08 Å². The summed E-state index contributed by atoms with van der Waals surface area (Å²) < 4.78 is 11.3. The number of thioether (sulfide) groups is 1. The fourth-order valence-electron chi connectivity index (χ4n) is 3.15. The van der Waals surface area contributed by atoms with Crippen molar-refractivity contribution in [3.8, 4) is 11.5 Å². The van der Waals surface area contributed by atoms with Crippen LogP contribution in [-0.4, -0.2) is 29.3 Å². The number of aromatic carboxylic acids is 1. The molecule has 3 aromatic carbocycles. The maximum absolute atomic E-state index is 12.4. The summed E-state index contributed by atoms with van der Waals surface area (Å²) in [4.78, 5) is 28.5. The van der Waals surface area contributed by atoms with Crippen molar-refractivity contribution in [3.63, 3.8) is 0 Å². The number of rotatable bonds is 7. The molecule has 178 valence electrons. The van der Waals surface area contributed by atoms with Crippen LogP contribution >= 0.6 is 35.0 Å². The molecule has 1 aliphatic heterocycles. The molecule has 0 aromatic heterocycles. The Bertz CT molecular complexity index is 1370. The standard InChI is InChI=1S/C25H18Cl2N2O5S/c1-33-21-10-14(5-8-20(21)34-13-15-3-2-4-16(9-15)24(31)32)11-22-23(30)29-25(35-22)28-17-6-7-18(26)19(27)12-17/h2-12H,13H2,1H3,(H,31,32)(H,28,29,30)/b22-11-. The van der Waals surface area contributed by atoms with Gasteiger partial charge in [-0.1, -0.05) is 41.4 Å². The van der Waals surface area contributed by atoms with Crippen LogP contribution in [-0.2, 0) is 11.4 Å². The lowest BCUT2D eigenvalue weighted by Crippen LogP contribution is -2.19. The lowest BCUT2D eigenvalue weighted by Gasteiger charge is -2.12. The quantitative estimate of drug-likeness (QED) is 0.356. The number of amides is 1. The van der Waals surface area contributed by atoms with Gasteiger partial charge in [0.15, 0.2) is 16.7 Å². The van der Waals surface area contributed by atoms with Crippen molar-refractivity contribution in [2.24, 2.45) is 4.99 Å². The van der Waals surface area contributed by atoms with E-state index in [1.165, 1.54) is 24.9 Å². The van der Waals surface area contributed by atoms with Gasteiger partial charge in [0.1, 0.15) is 6.61 Å². The van der Waals surface area contributed by atoms with Crippen LogP contribution in [0, 0.1) is 0 Å². The van der Waals surface area contributed by atoms with Gasteiger partial charge in [0.2, 0.25) is 0 Å². The SMILES string of the molecule is COc1cc(/C=C2\SC(=Nc3ccc(Cl)c(Cl)c3)NC2=O)ccc1OCc1cccc(C(=O)O)c1. The highest BCUT2D eigenvalue weighted by molar-refractivity contribution is 8.18. The van der Waals surface area contributed by atoms with E-state index in [-0.39, 0.29) is 18.1 Å². The van der Waals surface area contributed by atoms with Crippen molar-refractivity contribution >= 4 is 63.8 Å². The Morgan fingerprint density at radius 1 is 1.09 bits per heavy atom. The highest BCUT2D eigenvalue weighted by atomic mass is 35.5. The Kier molecular flexibility index (Phi) is 7.65. The van der Waals surface area contributed by atoms with Gasteiger partial charge < -0.3 is 19.9 Å².